The minimum Gasteiger partial charge on any atom is -0.354 e. The molecule has 5 heteroatoms. The minimum atomic E-state index is -0.505. The lowest BCUT2D eigenvalue weighted by molar-refractivity contribution is -0.229. The molecule has 1 fully saturated rings. The number of hydrogen-bond donors (Lipinski definition) is 2. The molecule has 2 atom stereocenters. The van der Waals surface area contributed by atoms with Gasteiger partial charge in [-0.15, -0.1) is 0 Å². The molecule has 0 saturated heterocycles. The van der Waals surface area contributed by atoms with Crippen molar-refractivity contribution in [1.82, 2.24) is 10.6 Å². The van der Waals surface area contributed by atoms with Gasteiger partial charge < -0.3 is 20.1 Å². The average Bonchev–Trinajstić information content (AvgIpc) is 2.30. The van der Waals surface area contributed by atoms with Crippen molar-refractivity contribution < 1.29 is 14.3 Å². The molecule has 88 valence electrons. The van der Waals surface area contributed by atoms with E-state index in [-0.39, 0.29) is 12.1 Å². The van der Waals surface area contributed by atoms with Gasteiger partial charge in [0.15, 0.2) is 5.79 Å². The first kappa shape index (κ1) is 12.4. The zero-order valence-electron chi connectivity index (χ0n) is 9.58. The topological polar surface area (TPSA) is 59.6 Å². The highest BCUT2D eigenvalue weighted by Gasteiger charge is 2.40. The number of rotatable bonds is 5. The van der Waals surface area contributed by atoms with Crippen LogP contribution in [-0.2, 0) is 14.3 Å². The summed E-state index contributed by atoms with van der Waals surface area (Å²) in [6.45, 7) is 0. The van der Waals surface area contributed by atoms with Gasteiger partial charge in [0.25, 0.3) is 0 Å². The molecule has 1 aliphatic carbocycles. The van der Waals surface area contributed by atoms with Crippen LogP contribution in [0.2, 0.25) is 0 Å². The second-order valence-electron chi connectivity index (χ2n) is 3.85. The Balaban J connectivity index is 2.64. The van der Waals surface area contributed by atoms with Crippen molar-refractivity contribution in [2.24, 2.45) is 0 Å². The second-order valence-corrected chi connectivity index (χ2v) is 3.85. The number of carbonyl (C=O) groups is 1. The highest BCUT2D eigenvalue weighted by atomic mass is 16.7. The molecule has 1 saturated carbocycles. The molecule has 0 aromatic heterocycles. The van der Waals surface area contributed by atoms with E-state index in [1.165, 1.54) is 0 Å². The Kier molecular flexibility index (Phi) is 4.50. The predicted molar refractivity (Wildman–Crippen MR) is 56.4 cm³/mol. The van der Waals surface area contributed by atoms with Crippen molar-refractivity contribution in [3.05, 3.63) is 0 Å². The zero-order valence-corrected chi connectivity index (χ0v) is 9.58. The van der Waals surface area contributed by atoms with Crippen LogP contribution in [-0.4, -0.2) is 45.5 Å². The Labute approximate surface area is 90.5 Å². The number of hydrogen-bond acceptors (Lipinski definition) is 4. The molecule has 0 unspecified atom stereocenters. The Morgan fingerprint density at radius 3 is 2.47 bits per heavy atom. The molecule has 0 spiro atoms. The lowest BCUT2D eigenvalue weighted by Crippen LogP contribution is -2.56. The maximum absolute atomic E-state index is 10.4. The fourth-order valence-corrected chi connectivity index (χ4v) is 2.20. The van der Waals surface area contributed by atoms with Crippen LogP contribution in [0.1, 0.15) is 19.3 Å². The summed E-state index contributed by atoms with van der Waals surface area (Å²) in [6.07, 6.45) is 3.14. The first-order valence-corrected chi connectivity index (χ1v) is 5.18. The van der Waals surface area contributed by atoms with Crippen molar-refractivity contribution in [3.63, 3.8) is 0 Å². The lowest BCUT2D eigenvalue weighted by Gasteiger charge is -2.42. The van der Waals surface area contributed by atoms with E-state index in [4.69, 9.17) is 9.47 Å². The Morgan fingerprint density at radius 1 is 1.33 bits per heavy atom. The number of carbonyl (C=O) groups excluding carboxylic acids is 1. The van der Waals surface area contributed by atoms with Gasteiger partial charge in [0.05, 0.1) is 0 Å². The molecule has 0 aliphatic heterocycles. The fraction of sp³-hybridized carbons (Fsp3) is 0.900. The third-order valence-corrected chi connectivity index (χ3v) is 3.25. The fourth-order valence-electron chi connectivity index (χ4n) is 2.20. The van der Waals surface area contributed by atoms with E-state index in [9.17, 15) is 4.79 Å². The maximum Gasteiger partial charge on any atom is 0.207 e. The summed E-state index contributed by atoms with van der Waals surface area (Å²) in [5.41, 5.74) is 0. The van der Waals surface area contributed by atoms with E-state index in [1.807, 2.05) is 7.05 Å². The van der Waals surface area contributed by atoms with E-state index in [1.54, 1.807) is 14.2 Å². The van der Waals surface area contributed by atoms with Crippen molar-refractivity contribution in [3.8, 4) is 0 Å². The highest BCUT2D eigenvalue weighted by molar-refractivity contribution is 5.47. The number of nitrogens with one attached hydrogen (secondary N) is 2. The van der Waals surface area contributed by atoms with Crippen LogP contribution >= 0.6 is 0 Å². The molecule has 1 rings (SSSR count). The average molecular weight is 216 g/mol. The molecule has 1 aliphatic rings. The molecule has 0 aromatic carbocycles. The molecule has 1 amide bonds. The van der Waals surface area contributed by atoms with Crippen LogP contribution in [0, 0.1) is 0 Å². The number of likely N-dealkylation sites (N-methyl/N-ethyl adjacent to an activating group) is 1. The molecular formula is C10H20N2O3. The molecule has 0 bridgehead atoms. The molecule has 5 nitrogen and oxygen atoms in total. The lowest BCUT2D eigenvalue weighted by atomic mass is 9.85. The van der Waals surface area contributed by atoms with Crippen LogP contribution < -0.4 is 10.6 Å². The third kappa shape index (κ3) is 2.68. The van der Waals surface area contributed by atoms with Crippen LogP contribution in [0.4, 0.5) is 0 Å². The molecule has 15 heavy (non-hydrogen) atoms. The first-order chi connectivity index (χ1) is 7.21. The van der Waals surface area contributed by atoms with E-state index in [0.717, 1.165) is 25.7 Å². The van der Waals surface area contributed by atoms with Gasteiger partial charge in [-0.25, -0.2) is 0 Å². The van der Waals surface area contributed by atoms with Gasteiger partial charge in [-0.05, 0) is 13.5 Å². The monoisotopic (exact) mass is 216 g/mol. The molecule has 0 aromatic rings. The summed E-state index contributed by atoms with van der Waals surface area (Å²) >= 11 is 0. The van der Waals surface area contributed by atoms with Gasteiger partial charge in [-0.3, -0.25) is 4.79 Å². The van der Waals surface area contributed by atoms with E-state index in [2.05, 4.69) is 10.6 Å². The summed E-state index contributed by atoms with van der Waals surface area (Å²) in [6, 6.07) is 0.342. The summed E-state index contributed by atoms with van der Waals surface area (Å²) < 4.78 is 10.8. The normalized spacial score (nSPS) is 29.8. The summed E-state index contributed by atoms with van der Waals surface area (Å²) in [7, 11) is 5.19. The highest BCUT2D eigenvalue weighted by Crippen LogP contribution is 2.31. The Hall–Kier alpha value is -0.650. The molecule has 2 N–H and O–H groups in total. The molecule has 0 heterocycles. The summed E-state index contributed by atoms with van der Waals surface area (Å²) in [5, 5.41) is 6.00. The summed E-state index contributed by atoms with van der Waals surface area (Å²) in [5.74, 6) is -0.505. The van der Waals surface area contributed by atoms with Gasteiger partial charge >= 0.3 is 0 Å². The SMILES string of the molecule is CN[C@@H]1CC(OC)(OC)CC[C@@H]1NC=O. The van der Waals surface area contributed by atoms with E-state index >= 15 is 0 Å². The second kappa shape index (κ2) is 5.44. The van der Waals surface area contributed by atoms with Gasteiger partial charge in [0.2, 0.25) is 6.41 Å². The largest absolute Gasteiger partial charge is 0.354 e. The standard InChI is InChI=1S/C10H20N2O3/c1-11-9-6-10(14-2,15-3)5-4-8(9)12-7-13/h7-9,11H,4-6H2,1-3H3,(H,12,13)/t8-,9+/m0/s1. The quantitative estimate of drug-likeness (QED) is 0.496. The van der Waals surface area contributed by atoms with Gasteiger partial charge in [-0.2, -0.15) is 0 Å². The van der Waals surface area contributed by atoms with Crippen molar-refractivity contribution >= 4 is 6.41 Å². The smallest absolute Gasteiger partial charge is 0.207 e. The van der Waals surface area contributed by atoms with E-state index in [0.29, 0.717) is 0 Å². The third-order valence-electron chi connectivity index (χ3n) is 3.25. The maximum atomic E-state index is 10.4. The Bertz CT molecular complexity index is 207. The zero-order chi connectivity index (χ0) is 11.3. The van der Waals surface area contributed by atoms with Crippen molar-refractivity contribution in [1.29, 1.82) is 0 Å². The van der Waals surface area contributed by atoms with Crippen LogP contribution in [0.5, 0.6) is 0 Å². The Morgan fingerprint density at radius 2 is 2.00 bits per heavy atom. The minimum absolute atomic E-state index is 0.158. The van der Waals surface area contributed by atoms with Crippen molar-refractivity contribution in [2.75, 3.05) is 21.3 Å². The van der Waals surface area contributed by atoms with Crippen molar-refractivity contribution in [2.45, 2.75) is 37.1 Å². The molecule has 0 radical (unpaired) electrons. The van der Waals surface area contributed by atoms with E-state index < -0.39 is 5.79 Å². The van der Waals surface area contributed by atoms with Crippen LogP contribution in [0.3, 0.4) is 0 Å². The predicted octanol–water partition coefficient (Wildman–Crippen LogP) is -0.138. The first-order valence-electron chi connectivity index (χ1n) is 5.18. The van der Waals surface area contributed by atoms with Crippen LogP contribution in [0.25, 0.3) is 0 Å². The number of ether oxygens (including phenoxy) is 2. The number of methoxy groups -OCH3 is 2. The molecular weight excluding hydrogens is 196 g/mol. The van der Waals surface area contributed by atoms with Gasteiger partial charge in [0, 0.05) is 39.1 Å². The van der Waals surface area contributed by atoms with Gasteiger partial charge in [0.1, 0.15) is 0 Å². The van der Waals surface area contributed by atoms with Gasteiger partial charge in [-0.1, -0.05) is 0 Å². The number of amides is 1. The van der Waals surface area contributed by atoms with Crippen LogP contribution in [0.15, 0.2) is 0 Å². The summed E-state index contributed by atoms with van der Waals surface area (Å²) in [4.78, 5) is 10.4.